The van der Waals surface area contributed by atoms with Gasteiger partial charge in [0.25, 0.3) is 5.91 Å². The number of carbonyl (C=O) groups is 1. The molecule has 1 aromatic heterocycles. The summed E-state index contributed by atoms with van der Waals surface area (Å²) in [6.45, 7) is 1.35. The highest BCUT2D eigenvalue weighted by Crippen LogP contribution is 2.22. The smallest absolute Gasteiger partial charge is 0.251 e. The molecule has 1 aliphatic heterocycles. The first kappa shape index (κ1) is 22.0. The number of nitrogens with zero attached hydrogens (tertiary/aromatic N) is 2. The van der Waals surface area contributed by atoms with Crippen LogP contribution < -0.4 is 10.1 Å². The molecule has 1 aliphatic rings. The summed E-state index contributed by atoms with van der Waals surface area (Å²) in [5.41, 5.74) is 1.22. The molecule has 0 atom stereocenters. The van der Waals surface area contributed by atoms with Gasteiger partial charge in [-0.25, -0.2) is 8.42 Å². The molecule has 1 saturated heterocycles. The second-order valence-corrected chi connectivity index (χ2v) is 9.55. The molecule has 7 nitrogen and oxygen atoms in total. The first-order valence-electron chi connectivity index (χ1n) is 10.6. The maximum atomic E-state index is 12.9. The Labute approximate surface area is 188 Å². The van der Waals surface area contributed by atoms with Crippen molar-refractivity contribution in [1.29, 1.82) is 0 Å². The number of rotatable bonds is 7. The highest BCUT2D eigenvalue weighted by molar-refractivity contribution is 7.89. The highest BCUT2D eigenvalue weighted by atomic mass is 32.2. The fraction of sp³-hybridized carbons (Fsp3) is 0.250. The summed E-state index contributed by atoms with van der Waals surface area (Å²) in [6.07, 6.45) is 6.12. The zero-order valence-electron chi connectivity index (χ0n) is 17.6. The summed E-state index contributed by atoms with van der Waals surface area (Å²) in [6, 6.07) is 17.1. The van der Waals surface area contributed by atoms with Crippen LogP contribution in [0.2, 0.25) is 0 Å². The molecule has 1 amide bonds. The Hall–Kier alpha value is -3.23. The van der Waals surface area contributed by atoms with E-state index < -0.39 is 10.0 Å². The van der Waals surface area contributed by atoms with Crippen LogP contribution in [0.15, 0.2) is 78.0 Å². The van der Waals surface area contributed by atoms with Crippen LogP contribution in [0.25, 0.3) is 0 Å². The van der Waals surface area contributed by atoms with Crippen LogP contribution in [-0.2, 0) is 16.6 Å². The van der Waals surface area contributed by atoms with Crippen LogP contribution >= 0.6 is 0 Å². The van der Waals surface area contributed by atoms with Crippen LogP contribution in [0.1, 0.15) is 35.2 Å². The lowest BCUT2D eigenvalue weighted by Crippen LogP contribution is -2.35. The number of carbonyl (C=O) groups excluding carboxylic acids is 1. The first-order valence-corrected chi connectivity index (χ1v) is 12.0. The molecule has 2 aromatic carbocycles. The van der Waals surface area contributed by atoms with Gasteiger partial charge in [-0.1, -0.05) is 18.6 Å². The van der Waals surface area contributed by atoms with Crippen molar-refractivity contribution < 1.29 is 17.9 Å². The second kappa shape index (κ2) is 9.93. The van der Waals surface area contributed by atoms with E-state index in [1.807, 2.05) is 0 Å². The van der Waals surface area contributed by atoms with Gasteiger partial charge in [-0.2, -0.15) is 4.31 Å². The minimum Gasteiger partial charge on any atom is -0.456 e. The summed E-state index contributed by atoms with van der Waals surface area (Å²) in [5.74, 6) is 0.969. The average molecular weight is 452 g/mol. The topological polar surface area (TPSA) is 88.6 Å². The van der Waals surface area contributed by atoms with Gasteiger partial charge in [-0.3, -0.25) is 9.78 Å². The van der Waals surface area contributed by atoms with E-state index in [2.05, 4.69) is 10.3 Å². The number of piperidine rings is 1. The van der Waals surface area contributed by atoms with E-state index in [4.69, 9.17) is 4.74 Å². The van der Waals surface area contributed by atoms with Crippen molar-refractivity contribution in [1.82, 2.24) is 14.6 Å². The third-order valence-electron chi connectivity index (χ3n) is 5.29. The molecular weight excluding hydrogens is 426 g/mol. The van der Waals surface area contributed by atoms with Crippen molar-refractivity contribution in [3.63, 3.8) is 0 Å². The molecule has 32 heavy (non-hydrogen) atoms. The van der Waals surface area contributed by atoms with Crippen LogP contribution in [0.5, 0.6) is 11.5 Å². The van der Waals surface area contributed by atoms with Gasteiger partial charge < -0.3 is 10.1 Å². The van der Waals surface area contributed by atoms with Gasteiger partial charge in [0.1, 0.15) is 11.5 Å². The molecule has 0 bridgehead atoms. The number of aromatic nitrogens is 1. The van der Waals surface area contributed by atoms with Gasteiger partial charge in [0, 0.05) is 31.4 Å². The molecular formula is C24H25N3O4S. The number of nitrogens with one attached hydrogen (secondary N) is 1. The van der Waals surface area contributed by atoms with E-state index in [1.165, 1.54) is 0 Å². The molecule has 1 N–H and O–H groups in total. The Balaban J connectivity index is 1.37. The monoisotopic (exact) mass is 451 g/mol. The van der Waals surface area contributed by atoms with E-state index in [9.17, 15) is 13.2 Å². The predicted molar refractivity (Wildman–Crippen MR) is 121 cm³/mol. The molecule has 0 radical (unpaired) electrons. The molecule has 8 heteroatoms. The number of hydrogen-bond donors (Lipinski definition) is 1. The summed E-state index contributed by atoms with van der Waals surface area (Å²) >= 11 is 0. The van der Waals surface area contributed by atoms with Crippen LogP contribution in [0.3, 0.4) is 0 Å². The molecule has 1 fully saturated rings. The Morgan fingerprint density at radius 2 is 1.75 bits per heavy atom. The minimum atomic E-state index is -3.50. The van der Waals surface area contributed by atoms with Crippen LogP contribution in [0, 0.1) is 0 Å². The van der Waals surface area contributed by atoms with Gasteiger partial charge in [-0.15, -0.1) is 0 Å². The molecule has 3 aromatic rings. The Kier molecular flexibility index (Phi) is 6.82. The standard InChI is InChI=1S/C24H25N3O4S/c28-24(20-9-11-21(12-10-20)31-22-7-5-13-25-18-22)26-17-19-6-4-8-23(16-19)32(29,30)27-14-2-1-3-15-27/h4-13,16,18H,1-3,14-15,17H2,(H,26,28). The minimum absolute atomic E-state index is 0.232. The van der Waals surface area contributed by atoms with Crippen LogP contribution in [0.4, 0.5) is 0 Å². The third-order valence-corrected chi connectivity index (χ3v) is 7.19. The number of hydrogen-bond acceptors (Lipinski definition) is 5. The third kappa shape index (κ3) is 5.33. The van der Waals surface area contributed by atoms with Crippen molar-refractivity contribution >= 4 is 15.9 Å². The number of pyridine rings is 1. The van der Waals surface area contributed by atoms with E-state index >= 15 is 0 Å². The summed E-state index contributed by atoms with van der Waals surface area (Å²) in [4.78, 5) is 16.8. The summed E-state index contributed by atoms with van der Waals surface area (Å²) in [7, 11) is -3.50. The molecule has 0 unspecified atom stereocenters. The SMILES string of the molecule is O=C(NCc1cccc(S(=O)(=O)N2CCCCC2)c1)c1ccc(Oc2cccnc2)cc1. The number of sulfonamides is 1. The van der Waals surface area contributed by atoms with Crippen LogP contribution in [-0.4, -0.2) is 36.7 Å². The summed E-state index contributed by atoms with van der Waals surface area (Å²) < 4.78 is 33.0. The zero-order valence-corrected chi connectivity index (χ0v) is 18.4. The molecule has 166 valence electrons. The van der Waals surface area contributed by atoms with Gasteiger partial charge in [0.05, 0.1) is 11.1 Å². The number of ether oxygens (including phenoxy) is 1. The summed E-state index contributed by atoms with van der Waals surface area (Å²) in [5, 5.41) is 2.84. The van der Waals surface area contributed by atoms with Crippen molar-refractivity contribution in [2.24, 2.45) is 0 Å². The van der Waals surface area contributed by atoms with Gasteiger partial charge >= 0.3 is 0 Å². The van der Waals surface area contributed by atoms with Crippen molar-refractivity contribution in [2.45, 2.75) is 30.7 Å². The molecule has 0 spiro atoms. The Bertz CT molecular complexity index is 1160. The van der Waals surface area contributed by atoms with E-state index in [0.29, 0.717) is 30.2 Å². The van der Waals surface area contributed by atoms with Gasteiger partial charge in [0.2, 0.25) is 10.0 Å². The second-order valence-electron chi connectivity index (χ2n) is 7.61. The van der Waals surface area contributed by atoms with E-state index in [1.54, 1.807) is 77.4 Å². The Morgan fingerprint density at radius 3 is 2.47 bits per heavy atom. The van der Waals surface area contributed by atoms with Crippen molar-refractivity contribution in [3.05, 3.63) is 84.2 Å². The maximum Gasteiger partial charge on any atom is 0.251 e. The fourth-order valence-electron chi connectivity index (χ4n) is 3.57. The van der Waals surface area contributed by atoms with Gasteiger partial charge in [-0.05, 0) is 66.9 Å². The van der Waals surface area contributed by atoms with E-state index in [-0.39, 0.29) is 17.3 Å². The van der Waals surface area contributed by atoms with Crippen molar-refractivity contribution in [2.75, 3.05) is 13.1 Å². The lowest BCUT2D eigenvalue weighted by atomic mass is 10.2. The normalized spacial score (nSPS) is 14.6. The molecule has 0 saturated carbocycles. The molecule has 4 rings (SSSR count). The lowest BCUT2D eigenvalue weighted by Gasteiger charge is -2.26. The number of amides is 1. The average Bonchev–Trinajstić information content (AvgIpc) is 2.84. The Morgan fingerprint density at radius 1 is 0.969 bits per heavy atom. The maximum absolute atomic E-state index is 12.9. The fourth-order valence-corrected chi connectivity index (χ4v) is 5.16. The largest absolute Gasteiger partial charge is 0.456 e. The number of benzene rings is 2. The highest BCUT2D eigenvalue weighted by Gasteiger charge is 2.25. The predicted octanol–water partition coefficient (Wildman–Crippen LogP) is 3.98. The molecule has 0 aliphatic carbocycles. The quantitative estimate of drug-likeness (QED) is 0.587. The van der Waals surface area contributed by atoms with E-state index in [0.717, 1.165) is 24.8 Å². The lowest BCUT2D eigenvalue weighted by molar-refractivity contribution is 0.0951. The zero-order chi connectivity index (χ0) is 22.4. The molecule has 2 heterocycles. The van der Waals surface area contributed by atoms with Gasteiger partial charge in [0.15, 0.2) is 0 Å². The van der Waals surface area contributed by atoms with Crippen molar-refractivity contribution in [3.8, 4) is 11.5 Å². The first-order chi connectivity index (χ1) is 15.5.